The number of aliphatic hydroxyl groups excluding tert-OH is 1. The van der Waals surface area contributed by atoms with Crippen LogP contribution < -0.4 is 0 Å². The van der Waals surface area contributed by atoms with Crippen molar-refractivity contribution in [1.29, 1.82) is 0 Å². The molecular weight excluding hydrogens is 204 g/mol. The maximum Gasteiger partial charge on any atom is 0.338 e. The molecule has 0 spiro atoms. The Morgan fingerprint density at radius 3 is 3.06 bits per heavy atom. The van der Waals surface area contributed by atoms with Crippen LogP contribution in [-0.2, 0) is 9.53 Å². The monoisotopic (exact) mass is 221 g/mol. The summed E-state index contributed by atoms with van der Waals surface area (Å²) in [7, 11) is 0. The Balaban J connectivity index is 2.35. The molecule has 0 saturated heterocycles. The molecule has 3 heteroatoms. The van der Waals surface area contributed by atoms with Gasteiger partial charge < -0.3 is 9.84 Å². The largest absolute Gasteiger partial charge is 0.507 e. The fourth-order valence-electron chi connectivity index (χ4n) is 1.33. The highest BCUT2D eigenvalue weighted by Crippen LogP contribution is 2.17. The number of esters is 1. The normalized spacial score (nSPS) is 15.8. The van der Waals surface area contributed by atoms with Crippen LogP contribution >= 0.6 is 0 Å². The molecule has 0 atom stereocenters. The summed E-state index contributed by atoms with van der Waals surface area (Å²) < 4.78 is 5.03. The lowest BCUT2D eigenvalue weighted by Gasteiger charge is -2.10. The maximum atomic E-state index is 11.5. The summed E-state index contributed by atoms with van der Waals surface area (Å²) >= 11 is 0. The third-order valence-electron chi connectivity index (χ3n) is 2.15. The highest BCUT2D eigenvalue weighted by molar-refractivity contribution is 5.92. The van der Waals surface area contributed by atoms with E-state index in [2.05, 4.69) is 6.92 Å². The van der Waals surface area contributed by atoms with Gasteiger partial charge in [-0.15, -0.1) is 0 Å². The Kier molecular flexibility index (Phi) is 5.40. The third kappa shape index (κ3) is 3.93. The first-order valence-corrected chi connectivity index (χ1v) is 5.50. The van der Waals surface area contributed by atoms with Crippen LogP contribution in [0.15, 0.2) is 35.6 Å². The standard InChI is InChI=1S/C13H17O3/c1-2-3-4-7-10-16-13(15)11-8-5-6-9-12(11)14/h3-4,6,8-9,14H,2,5,7,10H2,1H3/b4-3-. The molecular formula is C13H17O3. The van der Waals surface area contributed by atoms with Crippen molar-refractivity contribution >= 4 is 5.97 Å². The number of hydrogen-bond acceptors (Lipinski definition) is 3. The molecule has 87 valence electrons. The van der Waals surface area contributed by atoms with Crippen molar-refractivity contribution in [2.24, 2.45) is 0 Å². The van der Waals surface area contributed by atoms with Gasteiger partial charge in [-0.25, -0.2) is 4.79 Å². The summed E-state index contributed by atoms with van der Waals surface area (Å²) in [5.74, 6) is -0.466. The van der Waals surface area contributed by atoms with Crippen LogP contribution in [0.5, 0.6) is 0 Å². The average molecular weight is 221 g/mol. The number of carbonyl (C=O) groups is 1. The Hall–Kier alpha value is -1.51. The number of carbonyl (C=O) groups excluding carboxylic acids is 1. The van der Waals surface area contributed by atoms with Gasteiger partial charge in [0.15, 0.2) is 0 Å². The minimum absolute atomic E-state index is 0.0136. The fraction of sp³-hybridized carbons (Fsp3) is 0.385. The summed E-state index contributed by atoms with van der Waals surface area (Å²) in [6.45, 7) is 2.40. The molecule has 0 bridgehead atoms. The molecule has 0 aliphatic heterocycles. The molecule has 16 heavy (non-hydrogen) atoms. The average Bonchev–Trinajstić information content (AvgIpc) is 2.29. The van der Waals surface area contributed by atoms with Crippen molar-refractivity contribution in [2.75, 3.05) is 6.61 Å². The van der Waals surface area contributed by atoms with Crippen molar-refractivity contribution in [3.63, 3.8) is 0 Å². The highest BCUT2D eigenvalue weighted by Gasteiger charge is 2.17. The minimum atomic E-state index is -0.452. The molecule has 0 aromatic carbocycles. The summed E-state index contributed by atoms with van der Waals surface area (Å²) in [5, 5.41) is 9.43. The van der Waals surface area contributed by atoms with Gasteiger partial charge in [-0.1, -0.05) is 25.2 Å². The molecule has 0 saturated carbocycles. The van der Waals surface area contributed by atoms with E-state index < -0.39 is 5.97 Å². The number of hydrogen-bond donors (Lipinski definition) is 1. The van der Waals surface area contributed by atoms with Gasteiger partial charge in [-0.3, -0.25) is 0 Å². The Bertz CT molecular complexity index is 324. The van der Waals surface area contributed by atoms with Crippen molar-refractivity contribution in [2.45, 2.75) is 26.2 Å². The lowest BCUT2D eigenvalue weighted by Crippen LogP contribution is -2.12. The quantitative estimate of drug-likeness (QED) is 0.441. The lowest BCUT2D eigenvalue weighted by molar-refractivity contribution is -0.138. The zero-order valence-corrected chi connectivity index (χ0v) is 9.48. The van der Waals surface area contributed by atoms with E-state index in [1.54, 1.807) is 12.5 Å². The van der Waals surface area contributed by atoms with Crippen LogP contribution in [-0.4, -0.2) is 17.7 Å². The molecule has 0 fully saturated rings. The zero-order valence-electron chi connectivity index (χ0n) is 9.48. The number of rotatable bonds is 5. The second-order valence-electron chi connectivity index (χ2n) is 3.45. The number of allylic oxidation sites excluding steroid dienone is 3. The van der Waals surface area contributed by atoms with Gasteiger partial charge in [0.1, 0.15) is 5.76 Å². The van der Waals surface area contributed by atoms with Gasteiger partial charge in [0, 0.05) is 6.42 Å². The molecule has 1 radical (unpaired) electrons. The van der Waals surface area contributed by atoms with Crippen LogP contribution in [0.3, 0.4) is 0 Å². The first kappa shape index (κ1) is 12.6. The Morgan fingerprint density at radius 2 is 2.38 bits per heavy atom. The molecule has 0 aromatic heterocycles. The molecule has 0 aromatic rings. The zero-order chi connectivity index (χ0) is 11.8. The van der Waals surface area contributed by atoms with E-state index in [9.17, 15) is 9.90 Å². The Morgan fingerprint density at radius 1 is 1.56 bits per heavy atom. The molecule has 0 unspecified atom stereocenters. The van der Waals surface area contributed by atoms with Gasteiger partial charge in [0.25, 0.3) is 0 Å². The van der Waals surface area contributed by atoms with Crippen LogP contribution in [0.1, 0.15) is 26.2 Å². The molecule has 0 heterocycles. The SMILES string of the molecule is CC/C=C\CCOC(=O)C1=C(O)C=CC[CH]1. The van der Waals surface area contributed by atoms with Gasteiger partial charge >= 0.3 is 5.97 Å². The highest BCUT2D eigenvalue weighted by atomic mass is 16.5. The topological polar surface area (TPSA) is 46.5 Å². The Labute approximate surface area is 96.1 Å². The smallest absolute Gasteiger partial charge is 0.338 e. The summed E-state index contributed by atoms with van der Waals surface area (Å²) in [4.78, 5) is 11.5. The summed E-state index contributed by atoms with van der Waals surface area (Å²) in [5.41, 5.74) is 0.266. The van der Waals surface area contributed by atoms with E-state index in [1.807, 2.05) is 12.2 Å². The first-order chi connectivity index (χ1) is 7.75. The van der Waals surface area contributed by atoms with E-state index >= 15 is 0 Å². The molecule has 1 aliphatic carbocycles. The van der Waals surface area contributed by atoms with Crippen molar-refractivity contribution < 1.29 is 14.6 Å². The van der Waals surface area contributed by atoms with Crippen LogP contribution in [0, 0.1) is 6.42 Å². The third-order valence-corrected chi connectivity index (χ3v) is 2.15. The predicted octanol–water partition coefficient (Wildman–Crippen LogP) is 2.86. The predicted molar refractivity (Wildman–Crippen MR) is 62.7 cm³/mol. The molecule has 1 N–H and O–H groups in total. The van der Waals surface area contributed by atoms with E-state index in [-0.39, 0.29) is 11.3 Å². The maximum absolute atomic E-state index is 11.5. The minimum Gasteiger partial charge on any atom is -0.507 e. The number of ether oxygens (including phenoxy) is 1. The molecule has 0 amide bonds. The second kappa shape index (κ2) is 6.88. The van der Waals surface area contributed by atoms with E-state index in [1.165, 1.54) is 6.08 Å². The molecule has 1 rings (SSSR count). The molecule has 1 aliphatic rings. The first-order valence-electron chi connectivity index (χ1n) is 5.50. The van der Waals surface area contributed by atoms with Crippen LogP contribution in [0.25, 0.3) is 0 Å². The van der Waals surface area contributed by atoms with Gasteiger partial charge in [0.2, 0.25) is 0 Å². The van der Waals surface area contributed by atoms with Crippen molar-refractivity contribution in [1.82, 2.24) is 0 Å². The van der Waals surface area contributed by atoms with Crippen LogP contribution in [0.4, 0.5) is 0 Å². The van der Waals surface area contributed by atoms with Crippen LogP contribution in [0.2, 0.25) is 0 Å². The molecule has 3 nitrogen and oxygen atoms in total. The van der Waals surface area contributed by atoms with Gasteiger partial charge in [-0.05, 0) is 25.3 Å². The van der Waals surface area contributed by atoms with Crippen molar-refractivity contribution in [3.05, 3.63) is 42.1 Å². The second-order valence-corrected chi connectivity index (χ2v) is 3.45. The summed E-state index contributed by atoms with van der Waals surface area (Å²) in [6, 6.07) is 0. The van der Waals surface area contributed by atoms with Gasteiger partial charge in [0.05, 0.1) is 12.2 Å². The fourth-order valence-corrected chi connectivity index (χ4v) is 1.33. The number of aliphatic hydroxyl groups is 1. The van der Waals surface area contributed by atoms with E-state index in [0.717, 1.165) is 6.42 Å². The van der Waals surface area contributed by atoms with E-state index in [4.69, 9.17) is 4.74 Å². The summed E-state index contributed by atoms with van der Waals surface area (Å²) in [6.07, 6.45) is 11.3. The lowest BCUT2D eigenvalue weighted by atomic mass is 10.0. The van der Waals surface area contributed by atoms with Gasteiger partial charge in [-0.2, -0.15) is 0 Å². The van der Waals surface area contributed by atoms with Crippen molar-refractivity contribution in [3.8, 4) is 0 Å². The van der Waals surface area contributed by atoms with E-state index in [0.29, 0.717) is 19.4 Å².